The fraction of sp³-hybridized carbons (Fsp3) is 0.882. The number of nitrogens with zero attached hydrogens (tertiary/aromatic N) is 3. The highest BCUT2D eigenvalue weighted by molar-refractivity contribution is 5.78. The molecule has 1 unspecified atom stereocenters. The Balaban J connectivity index is 1.62. The molecule has 2 heterocycles. The molecule has 144 valence electrons. The second kappa shape index (κ2) is 9.24. The van der Waals surface area contributed by atoms with Crippen LogP contribution in [0.1, 0.15) is 33.6 Å². The standard InChI is InChI=1S/C17H32N4O4/c1-17(2,3)25-16(22)21-9-7-20(8-10-21)15(18)19-6-4-11-24-14-5-12-23-13-14/h14H,4-13H2,1-3H3,(H2,18,19). The molecule has 0 aliphatic carbocycles. The Labute approximate surface area is 150 Å². The van der Waals surface area contributed by atoms with Crippen LogP contribution in [0.3, 0.4) is 0 Å². The molecule has 8 heteroatoms. The Morgan fingerprint density at radius 2 is 1.92 bits per heavy atom. The van der Waals surface area contributed by atoms with E-state index in [1.165, 1.54) is 0 Å². The SMILES string of the molecule is CC(C)(C)OC(=O)N1CCN(C(N)=NCCCOC2CCOC2)CC1. The van der Waals surface area contributed by atoms with Gasteiger partial charge >= 0.3 is 6.09 Å². The number of hydrogen-bond acceptors (Lipinski definition) is 5. The lowest BCUT2D eigenvalue weighted by atomic mass is 10.2. The summed E-state index contributed by atoms with van der Waals surface area (Å²) in [5.74, 6) is 0.535. The Bertz CT molecular complexity index is 450. The fourth-order valence-corrected chi connectivity index (χ4v) is 2.70. The summed E-state index contributed by atoms with van der Waals surface area (Å²) in [7, 11) is 0. The molecule has 2 rings (SSSR count). The van der Waals surface area contributed by atoms with E-state index in [1.807, 2.05) is 25.7 Å². The van der Waals surface area contributed by atoms with Crippen LogP contribution in [-0.2, 0) is 14.2 Å². The Morgan fingerprint density at radius 3 is 2.52 bits per heavy atom. The number of nitrogens with two attached hydrogens (primary N) is 1. The summed E-state index contributed by atoms with van der Waals surface area (Å²) in [4.78, 5) is 20.2. The van der Waals surface area contributed by atoms with Gasteiger partial charge in [-0.05, 0) is 33.6 Å². The number of piperazine rings is 1. The number of hydrogen-bond donors (Lipinski definition) is 1. The number of amides is 1. The van der Waals surface area contributed by atoms with Crippen molar-refractivity contribution >= 4 is 12.1 Å². The molecule has 2 N–H and O–H groups in total. The van der Waals surface area contributed by atoms with Crippen LogP contribution >= 0.6 is 0 Å². The van der Waals surface area contributed by atoms with Crippen LogP contribution in [0.15, 0.2) is 4.99 Å². The molecule has 8 nitrogen and oxygen atoms in total. The molecule has 0 aromatic rings. The van der Waals surface area contributed by atoms with Crippen LogP contribution < -0.4 is 5.73 Å². The van der Waals surface area contributed by atoms with E-state index in [4.69, 9.17) is 19.9 Å². The van der Waals surface area contributed by atoms with Crippen LogP contribution in [0.25, 0.3) is 0 Å². The van der Waals surface area contributed by atoms with Gasteiger partial charge < -0.3 is 29.7 Å². The molecule has 2 aliphatic rings. The quantitative estimate of drug-likeness (QED) is 0.450. The minimum absolute atomic E-state index is 0.238. The van der Waals surface area contributed by atoms with E-state index < -0.39 is 5.60 Å². The van der Waals surface area contributed by atoms with Gasteiger partial charge in [-0.15, -0.1) is 0 Å². The number of carbonyl (C=O) groups is 1. The molecule has 0 aromatic heterocycles. The van der Waals surface area contributed by atoms with Crippen molar-refractivity contribution in [1.29, 1.82) is 0 Å². The zero-order valence-corrected chi connectivity index (χ0v) is 15.7. The van der Waals surface area contributed by atoms with Gasteiger partial charge in [-0.2, -0.15) is 0 Å². The van der Waals surface area contributed by atoms with Gasteiger partial charge in [-0.3, -0.25) is 4.99 Å². The van der Waals surface area contributed by atoms with E-state index >= 15 is 0 Å². The molecular weight excluding hydrogens is 324 g/mol. The number of carbonyl (C=O) groups excluding carboxylic acids is 1. The van der Waals surface area contributed by atoms with E-state index in [0.29, 0.717) is 51.9 Å². The summed E-state index contributed by atoms with van der Waals surface area (Å²) in [5.41, 5.74) is 5.59. The number of aliphatic imine (C=N–C) groups is 1. The monoisotopic (exact) mass is 356 g/mol. The van der Waals surface area contributed by atoms with Gasteiger partial charge in [-0.25, -0.2) is 4.79 Å². The predicted octanol–water partition coefficient (Wildman–Crippen LogP) is 1.05. The third kappa shape index (κ3) is 7.07. The zero-order chi connectivity index (χ0) is 18.3. The van der Waals surface area contributed by atoms with Gasteiger partial charge in [0, 0.05) is 45.9 Å². The topological polar surface area (TPSA) is 89.6 Å². The van der Waals surface area contributed by atoms with Gasteiger partial charge in [-0.1, -0.05) is 0 Å². The number of ether oxygens (including phenoxy) is 3. The summed E-state index contributed by atoms with van der Waals surface area (Å²) in [6.07, 6.45) is 1.79. The molecule has 0 aromatic carbocycles. The Hall–Kier alpha value is -1.54. The van der Waals surface area contributed by atoms with Crippen molar-refractivity contribution in [3.63, 3.8) is 0 Å². The predicted molar refractivity (Wildman–Crippen MR) is 95.7 cm³/mol. The minimum atomic E-state index is -0.471. The molecule has 0 bridgehead atoms. The normalized spacial score (nSPS) is 22.4. The smallest absolute Gasteiger partial charge is 0.410 e. The van der Waals surface area contributed by atoms with E-state index in [-0.39, 0.29) is 12.2 Å². The van der Waals surface area contributed by atoms with E-state index in [2.05, 4.69) is 4.99 Å². The van der Waals surface area contributed by atoms with Crippen molar-refractivity contribution in [2.75, 3.05) is 52.5 Å². The summed E-state index contributed by atoms with van der Waals surface area (Å²) in [6, 6.07) is 0. The van der Waals surface area contributed by atoms with E-state index in [9.17, 15) is 4.79 Å². The second-order valence-corrected chi connectivity index (χ2v) is 7.40. The number of rotatable bonds is 5. The van der Waals surface area contributed by atoms with Crippen LogP contribution in [0.4, 0.5) is 4.79 Å². The van der Waals surface area contributed by atoms with Gasteiger partial charge in [0.1, 0.15) is 5.60 Å². The van der Waals surface area contributed by atoms with Gasteiger partial charge in [0.05, 0.1) is 12.7 Å². The average molecular weight is 356 g/mol. The molecule has 2 saturated heterocycles. The van der Waals surface area contributed by atoms with Gasteiger partial charge in [0.2, 0.25) is 0 Å². The first-order valence-electron chi connectivity index (χ1n) is 9.07. The third-order valence-corrected chi connectivity index (χ3v) is 4.07. The highest BCUT2D eigenvalue weighted by Crippen LogP contribution is 2.12. The lowest BCUT2D eigenvalue weighted by Gasteiger charge is -2.36. The van der Waals surface area contributed by atoms with E-state index in [1.54, 1.807) is 4.90 Å². The Morgan fingerprint density at radius 1 is 1.24 bits per heavy atom. The van der Waals surface area contributed by atoms with Crippen LogP contribution in [-0.4, -0.2) is 86.1 Å². The van der Waals surface area contributed by atoms with Crippen LogP contribution in [0.2, 0.25) is 0 Å². The molecule has 0 spiro atoms. The molecule has 1 amide bonds. The maximum Gasteiger partial charge on any atom is 0.410 e. The summed E-state index contributed by atoms with van der Waals surface area (Å²) < 4.78 is 16.4. The molecule has 0 saturated carbocycles. The first kappa shape index (κ1) is 19.8. The van der Waals surface area contributed by atoms with Gasteiger partial charge in [0.25, 0.3) is 0 Å². The number of guanidine groups is 1. The first-order chi connectivity index (χ1) is 11.8. The highest BCUT2D eigenvalue weighted by Gasteiger charge is 2.26. The maximum absolute atomic E-state index is 12.0. The largest absolute Gasteiger partial charge is 0.444 e. The minimum Gasteiger partial charge on any atom is -0.444 e. The molecule has 25 heavy (non-hydrogen) atoms. The fourth-order valence-electron chi connectivity index (χ4n) is 2.70. The molecule has 0 radical (unpaired) electrons. The van der Waals surface area contributed by atoms with E-state index in [0.717, 1.165) is 19.4 Å². The van der Waals surface area contributed by atoms with Gasteiger partial charge in [0.15, 0.2) is 5.96 Å². The van der Waals surface area contributed by atoms with Crippen LogP contribution in [0, 0.1) is 0 Å². The van der Waals surface area contributed by atoms with Crippen molar-refractivity contribution in [1.82, 2.24) is 9.80 Å². The Kier molecular flexibility index (Phi) is 7.31. The second-order valence-electron chi connectivity index (χ2n) is 7.40. The van der Waals surface area contributed by atoms with Crippen molar-refractivity contribution < 1.29 is 19.0 Å². The molecule has 1 atom stereocenters. The summed E-state index contributed by atoms with van der Waals surface area (Å²) in [5, 5.41) is 0. The average Bonchev–Trinajstić information content (AvgIpc) is 3.06. The first-order valence-corrected chi connectivity index (χ1v) is 9.07. The van der Waals surface area contributed by atoms with Crippen molar-refractivity contribution in [2.45, 2.75) is 45.3 Å². The van der Waals surface area contributed by atoms with Crippen molar-refractivity contribution in [3.8, 4) is 0 Å². The molecule has 2 aliphatic heterocycles. The molecule has 2 fully saturated rings. The van der Waals surface area contributed by atoms with Crippen LogP contribution in [0.5, 0.6) is 0 Å². The summed E-state index contributed by atoms with van der Waals surface area (Å²) >= 11 is 0. The van der Waals surface area contributed by atoms with Crippen molar-refractivity contribution in [2.24, 2.45) is 10.7 Å². The zero-order valence-electron chi connectivity index (χ0n) is 15.7. The highest BCUT2D eigenvalue weighted by atomic mass is 16.6. The molecular formula is C17H32N4O4. The lowest BCUT2D eigenvalue weighted by Crippen LogP contribution is -2.53. The third-order valence-electron chi connectivity index (χ3n) is 4.07. The maximum atomic E-state index is 12.0. The summed E-state index contributed by atoms with van der Waals surface area (Å²) in [6.45, 7) is 11.0. The lowest BCUT2D eigenvalue weighted by molar-refractivity contribution is 0.0186. The van der Waals surface area contributed by atoms with Crippen molar-refractivity contribution in [3.05, 3.63) is 0 Å².